The van der Waals surface area contributed by atoms with E-state index in [9.17, 15) is 13.5 Å². The number of aliphatic imine (C=N–C) groups is 1. The quantitative estimate of drug-likeness (QED) is 0.277. The molecule has 11 heteroatoms. The number of halogens is 2. The van der Waals surface area contributed by atoms with E-state index >= 15 is 0 Å². The molecule has 3 N–H and O–H groups in total. The maximum absolute atomic E-state index is 11.4. The second-order valence-corrected chi connectivity index (χ2v) is 9.85. The molecule has 26 heavy (non-hydrogen) atoms. The highest BCUT2D eigenvalue weighted by molar-refractivity contribution is 14.0. The summed E-state index contributed by atoms with van der Waals surface area (Å²) in [6, 6.07) is 3.56. The van der Waals surface area contributed by atoms with Crippen LogP contribution in [0.25, 0.3) is 0 Å². The number of nitrogens with zero attached hydrogens (tertiary/aromatic N) is 2. The molecule has 1 aliphatic rings. The summed E-state index contributed by atoms with van der Waals surface area (Å²) in [6.07, 6.45) is -0.680. The van der Waals surface area contributed by atoms with Crippen molar-refractivity contribution < 1.29 is 13.5 Å². The maximum atomic E-state index is 11.4. The van der Waals surface area contributed by atoms with Gasteiger partial charge in [-0.1, -0.05) is 11.6 Å². The second-order valence-electron chi connectivity index (χ2n) is 5.80. The molecule has 0 aromatic carbocycles. The molecule has 2 rings (SSSR count). The van der Waals surface area contributed by atoms with E-state index in [0.717, 1.165) is 11.4 Å². The molecule has 1 fully saturated rings. The molecule has 1 aliphatic heterocycles. The van der Waals surface area contributed by atoms with Crippen molar-refractivity contribution in [3.63, 3.8) is 0 Å². The molecule has 1 aromatic rings. The molecule has 7 nitrogen and oxygen atoms in total. The minimum absolute atomic E-state index is 0. The molecular weight excluding hydrogens is 511 g/mol. The third-order valence-corrected chi connectivity index (χ3v) is 6.79. The molecule has 1 saturated heterocycles. The lowest BCUT2D eigenvalue weighted by Crippen LogP contribution is -2.46. The van der Waals surface area contributed by atoms with Crippen molar-refractivity contribution in [3.8, 4) is 0 Å². The first kappa shape index (κ1) is 23.9. The van der Waals surface area contributed by atoms with Gasteiger partial charge in [0.05, 0.1) is 22.4 Å². The van der Waals surface area contributed by atoms with Crippen molar-refractivity contribution in [2.45, 2.75) is 13.0 Å². The smallest absolute Gasteiger partial charge is 0.191 e. The van der Waals surface area contributed by atoms with Gasteiger partial charge in [0.1, 0.15) is 6.10 Å². The van der Waals surface area contributed by atoms with Crippen molar-refractivity contribution in [3.05, 3.63) is 21.3 Å². The predicted octanol–water partition coefficient (Wildman–Crippen LogP) is 1.34. The van der Waals surface area contributed by atoms with Crippen molar-refractivity contribution in [2.24, 2.45) is 4.99 Å². The van der Waals surface area contributed by atoms with Gasteiger partial charge < -0.3 is 15.7 Å². The highest BCUT2D eigenvalue weighted by Crippen LogP contribution is 2.26. The normalized spacial score (nSPS) is 18.8. The number of aliphatic hydroxyl groups excluding tert-OH is 1. The van der Waals surface area contributed by atoms with Crippen LogP contribution in [0.5, 0.6) is 0 Å². The van der Waals surface area contributed by atoms with Gasteiger partial charge in [-0.2, -0.15) is 0 Å². The van der Waals surface area contributed by atoms with Crippen molar-refractivity contribution in [2.75, 3.05) is 50.8 Å². The fourth-order valence-corrected chi connectivity index (χ4v) is 4.74. The summed E-state index contributed by atoms with van der Waals surface area (Å²) in [7, 11) is -2.84. The Morgan fingerprint density at radius 3 is 2.65 bits per heavy atom. The largest absolute Gasteiger partial charge is 0.386 e. The van der Waals surface area contributed by atoms with E-state index in [2.05, 4.69) is 20.5 Å². The van der Waals surface area contributed by atoms with E-state index in [0.29, 0.717) is 36.5 Å². The Kier molecular flexibility index (Phi) is 10.7. The van der Waals surface area contributed by atoms with Crippen LogP contribution in [0, 0.1) is 0 Å². The highest BCUT2D eigenvalue weighted by atomic mass is 127. The fraction of sp³-hybridized carbons (Fsp3) is 0.667. The average Bonchev–Trinajstić information content (AvgIpc) is 3.00. The summed E-state index contributed by atoms with van der Waals surface area (Å²) in [6.45, 7) is 5.51. The van der Waals surface area contributed by atoms with Gasteiger partial charge in [-0.05, 0) is 19.1 Å². The third kappa shape index (κ3) is 8.26. The monoisotopic (exact) mass is 536 g/mol. The summed E-state index contributed by atoms with van der Waals surface area (Å²) < 4.78 is 23.5. The van der Waals surface area contributed by atoms with Gasteiger partial charge in [0, 0.05) is 37.6 Å². The third-order valence-electron chi connectivity index (χ3n) is 3.85. The first-order chi connectivity index (χ1) is 11.9. The predicted molar refractivity (Wildman–Crippen MR) is 119 cm³/mol. The van der Waals surface area contributed by atoms with Crippen molar-refractivity contribution >= 4 is 62.7 Å². The molecule has 0 amide bonds. The van der Waals surface area contributed by atoms with Crippen LogP contribution in [0.3, 0.4) is 0 Å². The number of aliphatic hydroxyl groups is 1. The Labute approximate surface area is 181 Å². The Morgan fingerprint density at radius 2 is 2.08 bits per heavy atom. The average molecular weight is 537 g/mol. The zero-order chi connectivity index (χ0) is 18.3. The number of hydrogen-bond acceptors (Lipinski definition) is 6. The molecule has 1 atom stereocenters. The lowest BCUT2D eigenvalue weighted by atomic mass is 10.3. The van der Waals surface area contributed by atoms with Crippen LogP contribution in [0.2, 0.25) is 4.34 Å². The second kappa shape index (κ2) is 11.6. The van der Waals surface area contributed by atoms with Crippen LogP contribution in [0.15, 0.2) is 17.1 Å². The lowest BCUT2D eigenvalue weighted by molar-refractivity contribution is 0.191. The maximum Gasteiger partial charge on any atom is 0.191 e. The van der Waals surface area contributed by atoms with Gasteiger partial charge in [-0.15, -0.1) is 35.3 Å². The zero-order valence-corrected chi connectivity index (χ0v) is 19.4. The van der Waals surface area contributed by atoms with E-state index < -0.39 is 15.9 Å². The molecule has 150 valence electrons. The summed E-state index contributed by atoms with van der Waals surface area (Å²) >= 11 is 7.23. The minimum atomic E-state index is -2.84. The van der Waals surface area contributed by atoms with Gasteiger partial charge in [0.15, 0.2) is 15.8 Å². The minimum Gasteiger partial charge on any atom is -0.386 e. The lowest BCUT2D eigenvalue weighted by Gasteiger charge is -2.26. The van der Waals surface area contributed by atoms with Gasteiger partial charge in [-0.25, -0.2) is 8.42 Å². The van der Waals surface area contributed by atoms with E-state index in [1.54, 1.807) is 12.1 Å². The fourth-order valence-electron chi connectivity index (χ4n) is 2.42. The van der Waals surface area contributed by atoms with Crippen LogP contribution in [-0.2, 0) is 9.84 Å². The molecule has 1 aromatic heterocycles. The van der Waals surface area contributed by atoms with Crippen molar-refractivity contribution in [1.82, 2.24) is 15.5 Å². The van der Waals surface area contributed by atoms with E-state index in [1.807, 2.05) is 6.92 Å². The van der Waals surface area contributed by atoms with Crippen LogP contribution >= 0.6 is 46.9 Å². The summed E-state index contributed by atoms with van der Waals surface area (Å²) in [5, 5.41) is 16.5. The molecule has 0 saturated carbocycles. The van der Waals surface area contributed by atoms with E-state index in [-0.39, 0.29) is 42.0 Å². The van der Waals surface area contributed by atoms with Gasteiger partial charge in [0.25, 0.3) is 0 Å². The number of guanidine groups is 1. The number of hydrogen-bond donors (Lipinski definition) is 3. The SMILES string of the molecule is CCNC(=NCC(O)c1ccc(Cl)s1)NCCN1CCS(=O)(=O)CC1.I. The Balaban J connectivity index is 0.00000338. The Hall–Kier alpha value is -0.140. The van der Waals surface area contributed by atoms with Crippen LogP contribution in [-0.4, -0.2) is 75.2 Å². The molecule has 0 bridgehead atoms. The standard InChI is InChI=1S/C15H25ClN4O3S2.HI/c1-2-17-15(19-11-12(21)13-3-4-14(16)24-13)18-5-6-20-7-9-25(22,23)10-8-20;/h3-4,12,21H,2,5-11H2,1H3,(H2,17,18,19);1H. The summed E-state index contributed by atoms with van der Waals surface area (Å²) in [4.78, 5) is 7.31. The first-order valence-electron chi connectivity index (χ1n) is 8.28. The van der Waals surface area contributed by atoms with E-state index in [4.69, 9.17) is 11.6 Å². The molecule has 1 unspecified atom stereocenters. The highest BCUT2D eigenvalue weighted by Gasteiger charge is 2.21. The molecule has 0 aliphatic carbocycles. The number of thiophene rings is 1. The van der Waals surface area contributed by atoms with Gasteiger partial charge in [-0.3, -0.25) is 9.89 Å². The molecule has 2 heterocycles. The summed E-state index contributed by atoms with van der Waals surface area (Å²) in [5.41, 5.74) is 0. The number of sulfone groups is 1. The van der Waals surface area contributed by atoms with Crippen LogP contribution in [0.1, 0.15) is 17.9 Å². The molecular formula is C15H26ClIN4O3S2. The Bertz CT molecular complexity index is 670. The number of rotatable bonds is 7. The van der Waals surface area contributed by atoms with Crippen LogP contribution < -0.4 is 10.6 Å². The molecule has 0 radical (unpaired) electrons. The van der Waals surface area contributed by atoms with Gasteiger partial charge in [0.2, 0.25) is 0 Å². The Morgan fingerprint density at radius 1 is 1.38 bits per heavy atom. The zero-order valence-electron chi connectivity index (χ0n) is 14.6. The van der Waals surface area contributed by atoms with E-state index in [1.165, 1.54) is 11.3 Å². The molecule has 0 spiro atoms. The number of nitrogens with one attached hydrogen (secondary N) is 2. The topological polar surface area (TPSA) is 94.0 Å². The van der Waals surface area contributed by atoms with Crippen molar-refractivity contribution in [1.29, 1.82) is 0 Å². The van der Waals surface area contributed by atoms with Gasteiger partial charge >= 0.3 is 0 Å². The summed E-state index contributed by atoms with van der Waals surface area (Å²) in [5.74, 6) is 1.10. The first-order valence-corrected chi connectivity index (χ1v) is 11.3. The van der Waals surface area contributed by atoms with Crippen LogP contribution in [0.4, 0.5) is 0 Å².